The van der Waals surface area contributed by atoms with Crippen LogP contribution in [0.3, 0.4) is 0 Å². The zero-order valence-electron chi connectivity index (χ0n) is 13.1. The lowest BCUT2D eigenvalue weighted by atomic mass is 10.1. The molecule has 1 aromatic carbocycles. The number of benzene rings is 1. The van der Waals surface area contributed by atoms with E-state index in [4.69, 9.17) is 0 Å². The first-order valence-electron chi connectivity index (χ1n) is 7.53. The van der Waals surface area contributed by atoms with Gasteiger partial charge in [-0.15, -0.1) is 0 Å². The van der Waals surface area contributed by atoms with Crippen molar-refractivity contribution in [2.75, 3.05) is 19.6 Å². The summed E-state index contributed by atoms with van der Waals surface area (Å²) < 4.78 is 0. The zero-order valence-corrected chi connectivity index (χ0v) is 13.1. The van der Waals surface area contributed by atoms with Crippen molar-refractivity contribution in [3.05, 3.63) is 23.8 Å². The van der Waals surface area contributed by atoms with Gasteiger partial charge in [0.25, 0.3) is 5.91 Å². The molecule has 1 amide bonds. The van der Waals surface area contributed by atoms with E-state index in [2.05, 4.69) is 24.1 Å². The minimum atomic E-state index is -0.444. The summed E-state index contributed by atoms with van der Waals surface area (Å²) in [4.78, 5) is 14.4. The van der Waals surface area contributed by atoms with Gasteiger partial charge in [-0.05, 0) is 51.5 Å². The molecule has 5 heteroatoms. The van der Waals surface area contributed by atoms with Crippen molar-refractivity contribution < 1.29 is 15.0 Å². The number of aromatic hydroxyl groups is 2. The van der Waals surface area contributed by atoms with E-state index in [9.17, 15) is 15.0 Å². The molecule has 0 fully saturated rings. The number of carbonyl (C=O) groups excluding carboxylic acids is 1. The van der Waals surface area contributed by atoms with Crippen LogP contribution in [-0.2, 0) is 0 Å². The Bertz CT molecular complexity index is 439. The van der Waals surface area contributed by atoms with E-state index in [1.165, 1.54) is 18.2 Å². The molecule has 0 aliphatic rings. The van der Waals surface area contributed by atoms with Gasteiger partial charge in [-0.1, -0.05) is 19.9 Å². The average molecular weight is 294 g/mol. The summed E-state index contributed by atoms with van der Waals surface area (Å²) in [6, 6.07) is 4.26. The smallest absolute Gasteiger partial charge is 0.259 e. The zero-order chi connectivity index (χ0) is 15.8. The number of rotatable bonds is 8. The van der Waals surface area contributed by atoms with Crippen LogP contribution in [-0.4, -0.2) is 46.7 Å². The number of amides is 1. The van der Waals surface area contributed by atoms with Crippen LogP contribution in [0.15, 0.2) is 18.2 Å². The number of nitrogens with zero attached hydrogens (tertiary/aromatic N) is 1. The number of carbonyl (C=O) groups is 1. The van der Waals surface area contributed by atoms with Gasteiger partial charge < -0.3 is 20.4 Å². The standard InChI is InChI=1S/C16H26N2O3/c1-4-18(5-2)11-7-8-12(3)17-16(21)15-13(19)9-6-10-14(15)20/h6,9-10,12,19-20H,4-5,7-8,11H2,1-3H3,(H,17,21). The number of nitrogens with one attached hydrogen (secondary N) is 1. The molecule has 0 aromatic heterocycles. The molecule has 1 rings (SSSR count). The number of hydrogen-bond acceptors (Lipinski definition) is 4. The van der Waals surface area contributed by atoms with E-state index in [-0.39, 0.29) is 23.1 Å². The molecule has 0 aliphatic heterocycles. The van der Waals surface area contributed by atoms with Crippen molar-refractivity contribution >= 4 is 5.91 Å². The van der Waals surface area contributed by atoms with Crippen molar-refractivity contribution in [3.8, 4) is 11.5 Å². The van der Waals surface area contributed by atoms with Crippen LogP contribution in [0.5, 0.6) is 11.5 Å². The van der Waals surface area contributed by atoms with Crippen LogP contribution in [0.2, 0.25) is 0 Å². The third kappa shape index (κ3) is 5.27. The van der Waals surface area contributed by atoms with E-state index in [0.717, 1.165) is 32.5 Å². The quantitative estimate of drug-likeness (QED) is 0.688. The summed E-state index contributed by atoms with van der Waals surface area (Å²) in [6.45, 7) is 9.27. The van der Waals surface area contributed by atoms with Gasteiger partial charge in [0.05, 0.1) is 0 Å². The molecule has 118 valence electrons. The molecular formula is C16H26N2O3. The first kappa shape index (κ1) is 17.3. The second kappa shape index (κ2) is 8.52. The van der Waals surface area contributed by atoms with Crippen LogP contribution in [0, 0.1) is 0 Å². The highest BCUT2D eigenvalue weighted by Crippen LogP contribution is 2.26. The molecule has 0 radical (unpaired) electrons. The predicted molar refractivity (Wildman–Crippen MR) is 83.7 cm³/mol. The fourth-order valence-corrected chi connectivity index (χ4v) is 2.29. The lowest BCUT2D eigenvalue weighted by molar-refractivity contribution is 0.0931. The number of phenolic OH excluding ortho intramolecular Hbond substituents is 2. The SMILES string of the molecule is CCN(CC)CCCC(C)NC(=O)c1c(O)cccc1O. The Morgan fingerprint density at radius 2 is 1.81 bits per heavy atom. The van der Waals surface area contributed by atoms with Crippen molar-refractivity contribution in [3.63, 3.8) is 0 Å². The second-order valence-electron chi connectivity index (χ2n) is 5.21. The van der Waals surface area contributed by atoms with Crippen molar-refractivity contribution in [2.24, 2.45) is 0 Å². The highest BCUT2D eigenvalue weighted by Gasteiger charge is 2.17. The minimum Gasteiger partial charge on any atom is -0.507 e. The highest BCUT2D eigenvalue weighted by molar-refractivity contribution is 5.99. The molecule has 0 heterocycles. The topological polar surface area (TPSA) is 72.8 Å². The lowest BCUT2D eigenvalue weighted by Crippen LogP contribution is -2.33. The Hall–Kier alpha value is -1.75. The van der Waals surface area contributed by atoms with Gasteiger partial charge >= 0.3 is 0 Å². The molecule has 0 bridgehead atoms. The molecule has 5 nitrogen and oxygen atoms in total. The van der Waals surface area contributed by atoms with E-state index in [0.29, 0.717) is 0 Å². The van der Waals surface area contributed by atoms with Crippen LogP contribution < -0.4 is 5.32 Å². The largest absolute Gasteiger partial charge is 0.507 e. The maximum Gasteiger partial charge on any atom is 0.259 e. The fourth-order valence-electron chi connectivity index (χ4n) is 2.29. The van der Waals surface area contributed by atoms with E-state index < -0.39 is 5.91 Å². The lowest BCUT2D eigenvalue weighted by Gasteiger charge is -2.20. The van der Waals surface area contributed by atoms with Crippen molar-refractivity contribution in [2.45, 2.75) is 39.7 Å². The van der Waals surface area contributed by atoms with Gasteiger partial charge in [-0.2, -0.15) is 0 Å². The molecule has 0 saturated heterocycles. The Kier molecular flexibility index (Phi) is 7.02. The van der Waals surface area contributed by atoms with Crippen LogP contribution >= 0.6 is 0 Å². The molecule has 1 unspecified atom stereocenters. The van der Waals surface area contributed by atoms with Gasteiger partial charge in [-0.25, -0.2) is 0 Å². The Labute approximate surface area is 126 Å². The average Bonchev–Trinajstić information content (AvgIpc) is 2.43. The van der Waals surface area contributed by atoms with E-state index >= 15 is 0 Å². The molecule has 1 atom stereocenters. The fraction of sp³-hybridized carbons (Fsp3) is 0.562. The Balaban J connectivity index is 2.47. The molecular weight excluding hydrogens is 268 g/mol. The molecule has 0 spiro atoms. The van der Waals surface area contributed by atoms with Gasteiger partial charge in [0.2, 0.25) is 0 Å². The molecule has 0 aliphatic carbocycles. The first-order valence-corrected chi connectivity index (χ1v) is 7.53. The van der Waals surface area contributed by atoms with Gasteiger partial charge in [-0.3, -0.25) is 4.79 Å². The summed E-state index contributed by atoms with van der Waals surface area (Å²) >= 11 is 0. The summed E-state index contributed by atoms with van der Waals surface area (Å²) in [5, 5.41) is 22.1. The maximum atomic E-state index is 12.1. The Morgan fingerprint density at radius 3 is 2.33 bits per heavy atom. The van der Waals surface area contributed by atoms with Crippen LogP contribution in [0.4, 0.5) is 0 Å². The summed E-state index contributed by atoms with van der Waals surface area (Å²) in [5.74, 6) is -0.855. The number of phenols is 2. The van der Waals surface area contributed by atoms with Gasteiger partial charge in [0.1, 0.15) is 17.1 Å². The van der Waals surface area contributed by atoms with Crippen LogP contribution in [0.1, 0.15) is 44.0 Å². The van der Waals surface area contributed by atoms with Crippen molar-refractivity contribution in [1.82, 2.24) is 10.2 Å². The predicted octanol–water partition coefficient (Wildman–Crippen LogP) is 2.34. The maximum absolute atomic E-state index is 12.1. The van der Waals surface area contributed by atoms with Crippen molar-refractivity contribution in [1.29, 1.82) is 0 Å². The van der Waals surface area contributed by atoms with Crippen LogP contribution in [0.25, 0.3) is 0 Å². The van der Waals surface area contributed by atoms with Gasteiger partial charge in [0.15, 0.2) is 0 Å². The minimum absolute atomic E-state index is 0.00734. The molecule has 1 aromatic rings. The summed E-state index contributed by atoms with van der Waals surface area (Å²) in [6.07, 6.45) is 1.85. The normalized spacial score (nSPS) is 12.4. The first-order chi connectivity index (χ1) is 9.99. The summed E-state index contributed by atoms with van der Waals surface area (Å²) in [5.41, 5.74) is -0.0620. The highest BCUT2D eigenvalue weighted by atomic mass is 16.3. The van der Waals surface area contributed by atoms with E-state index in [1.54, 1.807) is 0 Å². The molecule has 3 N–H and O–H groups in total. The van der Waals surface area contributed by atoms with Gasteiger partial charge in [0, 0.05) is 6.04 Å². The number of hydrogen-bond donors (Lipinski definition) is 3. The third-order valence-corrected chi connectivity index (χ3v) is 3.63. The third-order valence-electron chi connectivity index (χ3n) is 3.63. The Morgan fingerprint density at radius 1 is 1.24 bits per heavy atom. The monoisotopic (exact) mass is 294 g/mol. The van der Waals surface area contributed by atoms with E-state index in [1.807, 2.05) is 6.92 Å². The molecule has 21 heavy (non-hydrogen) atoms. The summed E-state index contributed by atoms with van der Waals surface area (Å²) in [7, 11) is 0. The second-order valence-corrected chi connectivity index (χ2v) is 5.21. The molecule has 0 saturated carbocycles.